The van der Waals surface area contributed by atoms with E-state index in [1.807, 2.05) is 20.0 Å². The van der Waals surface area contributed by atoms with Crippen LogP contribution in [0.15, 0.2) is 29.6 Å². The molecular formula is C15H20FN3S. The first-order valence-electron chi connectivity index (χ1n) is 6.66. The summed E-state index contributed by atoms with van der Waals surface area (Å²) in [6.07, 6.45) is 0.723. The number of benzene rings is 1. The first-order chi connectivity index (χ1) is 9.56. The van der Waals surface area contributed by atoms with Gasteiger partial charge < -0.3 is 10.6 Å². The molecule has 1 aromatic carbocycles. The van der Waals surface area contributed by atoms with Crippen LogP contribution in [0.1, 0.15) is 28.7 Å². The minimum Gasteiger partial charge on any atom is -0.324 e. The van der Waals surface area contributed by atoms with Gasteiger partial charge in [-0.05, 0) is 26.5 Å². The fourth-order valence-corrected chi connectivity index (χ4v) is 2.73. The fraction of sp³-hybridized carbons (Fsp3) is 0.400. The van der Waals surface area contributed by atoms with E-state index in [1.54, 1.807) is 23.5 Å². The Morgan fingerprint density at radius 2 is 2.15 bits per heavy atom. The quantitative estimate of drug-likeness (QED) is 0.890. The smallest absolute Gasteiger partial charge is 0.127 e. The Kier molecular flexibility index (Phi) is 5.23. The zero-order valence-electron chi connectivity index (χ0n) is 11.8. The van der Waals surface area contributed by atoms with Gasteiger partial charge >= 0.3 is 0 Å². The standard InChI is InChI=1S/C15H20FN3S/c1-11-18-12(10-20-11)9-19(2)8-7-15(17)13-5-3-4-6-14(13)16/h3-6,10,15H,7-9,17H2,1-2H3. The van der Waals surface area contributed by atoms with Crippen molar-refractivity contribution in [1.29, 1.82) is 0 Å². The minimum atomic E-state index is -0.268. The first-order valence-corrected chi connectivity index (χ1v) is 7.54. The zero-order valence-corrected chi connectivity index (χ0v) is 12.7. The van der Waals surface area contributed by atoms with E-state index in [2.05, 4.69) is 15.3 Å². The van der Waals surface area contributed by atoms with Gasteiger partial charge in [-0.3, -0.25) is 0 Å². The van der Waals surface area contributed by atoms with E-state index >= 15 is 0 Å². The number of hydrogen-bond donors (Lipinski definition) is 1. The molecule has 2 aromatic rings. The lowest BCUT2D eigenvalue weighted by atomic mass is 10.0. The molecule has 0 aliphatic carbocycles. The van der Waals surface area contributed by atoms with E-state index in [-0.39, 0.29) is 11.9 Å². The predicted octanol–water partition coefficient (Wildman–Crippen LogP) is 3.11. The van der Waals surface area contributed by atoms with Crippen LogP contribution in [-0.2, 0) is 6.54 Å². The van der Waals surface area contributed by atoms with Crippen LogP contribution < -0.4 is 5.73 Å². The van der Waals surface area contributed by atoms with E-state index < -0.39 is 0 Å². The van der Waals surface area contributed by atoms with Crippen LogP contribution in [0.2, 0.25) is 0 Å². The summed E-state index contributed by atoms with van der Waals surface area (Å²) in [5.74, 6) is -0.224. The van der Waals surface area contributed by atoms with Crippen molar-refractivity contribution in [3.05, 3.63) is 51.7 Å². The van der Waals surface area contributed by atoms with Gasteiger partial charge in [0.25, 0.3) is 0 Å². The molecule has 0 amide bonds. The highest BCUT2D eigenvalue weighted by Gasteiger charge is 2.12. The summed E-state index contributed by atoms with van der Waals surface area (Å²) < 4.78 is 13.6. The Labute approximate surface area is 123 Å². The highest BCUT2D eigenvalue weighted by Crippen LogP contribution is 2.18. The molecule has 1 unspecified atom stereocenters. The van der Waals surface area contributed by atoms with Gasteiger partial charge in [0, 0.05) is 30.1 Å². The Bertz CT molecular complexity index is 556. The molecule has 0 bridgehead atoms. The second kappa shape index (κ2) is 6.92. The monoisotopic (exact) mass is 293 g/mol. The van der Waals surface area contributed by atoms with E-state index in [4.69, 9.17) is 5.73 Å². The number of hydrogen-bond acceptors (Lipinski definition) is 4. The SMILES string of the molecule is Cc1nc(CN(C)CCC(N)c2ccccc2F)cs1. The predicted molar refractivity (Wildman–Crippen MR) is 81.1 cm³/mol. The van der Waals surface area contributed by atoms with Gasteiger partial charge in [-0.25, -0.2) is 9.37 Å². The number of rotatable bonds is 6. The maximum absolute atomic E-state index is 13.6. The number of thiazole rings is 1. The first kappa shape index (κ1) is 15.1. The summed E-state index contributed by atoms with van der Waals surface area (Å²) in [6, 6.07) is 6.44. The highest BCUT2D eigenvalue weighted by atomic mass is 32.1. The van der Waals surface area contributed by atoms with E-state index in [0.29, 0.717) is 5.56 Å². The third kappa shape index (κ3) is 4.10. The summed E-state index contributed by atoms with van der Waals surface area (Å²) in [5, 5.41) is 3.15. The molecule has 2 N–H and O–H groups in total. The van der Waals surface area contributed by atoms with Gasteiger partial charge in [-0.1, -0.05) is 18.2 Å². The van der Waals surface area contributed by atoms with Crippen LogP contribution in [0.25, 0.3) is 0 Å². The lowest BCUT2D eigenvalue weighted by Gasteiger charge is -2.19. The minimum absolute atomic E-state index is 0.224. The summed E-state index contributed by atoms with van der Waals surface area (Å²) in [4.78, 5) is 6.60. The van der Waals surface area contributed by atoms with Crippen LogP contribution >= 0.6 is 11.3 Å². The number of halogens is 1. The second-order valence-corrected chi connectivity index (χ2v) is 6.07. The summed E-state index contributed by atoms with van der Waals surface area (Å²) in [6.45, 7) is 3.61. The summed E-state index contributed by atoms with van der Waals surface area (Å²) in [7, 11) is 2.03. The molecule has 20 heavy (non-hydrogen) atoms. The van der Waals surface area contributed by atoms with Crippen molar-refractivity contribution in [3.63, 3.8) is 0 Å². The molecule has 0 aliphatic rings. The average molecular weight is 293 g/mol. The van der Waals surface area contributed by atoms with Gasteiger partial charge in [0.05, 0.1) is 10.7 Å². The molecule has 1 heterocycles. The summed E-state index contributed by atoms with van der Waals surface area (Å²) in [5.41, 5.74) is 7.73. The number of aryl methyl sites for hydroxylation is 1. The molecule has 0 spiro atoms. The fourth-order valence-electron chi connectivity index (χ4n) is 2.13. The lowest BCUT2D eigenvalue weighted by molar-refractivity contribution is 0.307. The van der Waals surface area contributed by atoms with Gasteiger partial charge in [0.15, 0.2) is 0 Å². The molecule has 0 aliphatic heterocycles. The van der Waals surface area contributed by atoms with Crippen molar-refractivity contribution in [2.45, 2.75) is 25.9 Å². The van der Waals surface area contributed by atoms with Crippen molar-refractivity contribution < 1.29 is 4.39 Å². The topological polar surface area (TPSA) is 42.2 Å². The van der Waals surface area contributed by atoms with E-state index in [1.165, 1.54) is 6.07 Å². The van der Waals surface area contributed by atoms with Crippen molar-refractivity contribution in [1.82, 2.24) is 9.88 Å². The number of aromatic nitrogens is 1. The van der Waals surface area contributed by atoms with Gasteiger partial charge in [-0.2, -0.15) is 0 Å². The molecule has 3 nitrogen and oxygen atoms in total. The molecule has 0 saturated heterocycles. The average Bonchev–Trinajstić information content (AvgIpc) is 2.82. The molecule has 5 heteroatoms. The molecular weight excluding hydrogens is 273 g/mol. The van der Waals surface area contributed by atoms with Crippen molar-refractivity contribution >= 4 is 11.3 Å². The maximum Gasteiger partial charge on any atom is 0.127 e. The molecule has 108 valence electrons. The van der Waals surface area contributed by atoms with Gasteiger partial charge in [0.1, 0.15) is 5.82 Å². The van der Waals surface area contributed by atoms with Crippen molar-refractivity contribution in [2.75, 3.05) is 13.6 Å². The van der Waals surface area contributed by atoms with Crippen LogP contribution in [0.4, 0.5) is 4.39 Å². The van der Waals surface area contributed by atoms with Crippen LogP contribution in [0.5, 0.6) is 0 Å². The van der Waals surface area contributed by atoms with Crippen molar-refractivity contribution in [2.24, 2.45) is 5.73 Å². The molecule has 0 saturated carbocycles. The molecule has 1 atom stereocenters. The van der Waals surface area contributed by atoms with Crippen LogP contribution in [-0.4, -0.2) is 23.5 Å². The largest absolute Gasteiger partial charge is 0.324 e. The zero-order chi connectivity index (χ0) is 14.5. The van der Waals surface area contributed by atoms with Crippen molar-refractivity contribution in [3.8, 4) is 0 Å². The normalized spacial score (nSPS) is 12.8. The third-order valence-corrected chi connectivity index (χ3v) is 4.05. The lowest BCUT2D eigenvalue weighted by Crippen LogP contribution is -2.24. The Hall–Kier alpha value is -1.30. The van der Waals surface area contributed by atoms with Gasteiger partial charge in [0.2, 0.25) is 0 Å². The Balaban J connectivity index is 1.84. The molecule has 0 radical (unpaired) electrons. The van der Waals surface area contributed by atoms with Crippen LogP contribution in [0, 0.1) is 12.7 Å². The third-order valence-electron chi connectivity index (χ3n) is 3.23. The van der Waals surface area contributed by atoms with Crippen LogP contribution in [0.3, 0.4) is 0 Å². The second-order valence-electron chi connectivity index (χ2n) is 5.01. The number of nitrogens with two attached hydrogens (primary N) is 1. The van der Waals surface area contributed by atoms with E-state index in [0.717, 1.165) is 30.2 Å². The number of nitrogens with zero attached hydrogens (tertiary/aromatic N) is 2. The molecule has 0 fully saturated rings. The Morgan fingerprint density at radius 3 is 2.80 bits per heavy atom. The highest BCUT2D eigenvalue weighted by molar-refractivity contribution is 7.09. The molecule has 1 aromatic heterocycles. The molecule has 2 rings (SSSR count). The Morgan fingerprint density at radius 1 is 1.40 bits per heavy atom. The summed E-state index contributed by atoms with van der Waals surface area (Å²) >= 11 is 1.66. The van der Waals surface area contributed by atoms with E-state index in [9.17, 15) is 4.39 Å². The van der Waals surface area contributed by atoms with Gasteiger partial charge in [-0.15, -0.1) is 11.3 Å². The maximum atomic E-state index is 13.6.